The van der Waals surface area contributed by atoms with E-state index < -0.39 is 17.6 Å². The Hall–Kier alpha value is -2.69. The fourth-order valence-corrected chi connectivity index (χ4v) is 3.02. The van der Waals surface area contributed by atoms with Gasteiger partial charge in [-0.15, -0.1) is 0 Å². The highest BCUT2D eigenvalue weighted by atomic mass is 35.5. The quantitative estimate of drug-likeness (QED) is 0.178. The van der Waals surface area contributed by atoms with Crippen molar-refractivity contribution in [1.29, 1.82) is 10.8 Å². The fourth-order valence-electron chi connectivity index (χ4n) is 2.81. The average molecular weight is 424 g/mol. The number of nitrogens with one attached hydrogen (secondary N) is 2. The van der Waals surface area contributed by atoms with Gasteiger partial charge in [-0.25, -0.2) is 0 Å². The number of amides is 1. The van der Waals surface area contributed by atoms with Crippen molar-refractivity contribution in [2.24, 2.45) is 16.5 Å². The lowest BCUT2D eigenvalue weighted by Crippen LogP contribution is -2.64. The molecule has 1 aliphatic heterocycles. The van der Waals surface area contributed by atoms with Crippen LogP contribution in [-0.2, 0) is 4.79 Å². The van der Waals surface area contributed by atoms with E-state index in [0.717, 1.165) is 17.7 Å². The number of aliphatic hydroxyl groups is 1. The number of halogens is 1. The third kappa shape index (κ3) is 5.22. The topological polar surface area (TPSA) is 165 Å². The van der Waals surface area contributed by atoms with Gasteiger partial charge < -0.3 is 26.2 Å². The molecule has 1 heterocycles. The fraction of sp³-hybridized carbons (Fsp3) is 0.444. The lowest BCUT2D eigenvalue weighted by atomic mass is 10.2. The number of aliphatic hydroxyl groups excluding tert-OH is 1. The number of amidine groups is 1. The number of carbonyl (C=O) groups excluding carboxylic acids is 1. The van der Waals surface area contributed by atoms with Crippen molar-refractivity contribution < 1.29 is 14.6 Å². The molecule has 1 amide bonds. The molecule has 2 unspecified atom stereocenters. The number of benzene rings is 1. The van der Waals surface area contributed by atoms with Crippen LogP contribution in [0.2, 0.25) is 0 Å². The van der Waals surface area contributed by atoms with Crippen LogP contribution < -0.4 is 21.1 Å². The first-order valence-corrected chi connectivity index (χ1v) is 9.60. The maximum absolute atomic E-state index is 11.7. The van der Waals surface area contributed by atoms with Crippen molar-refractivity contribution in [2.75, 3.05) is 24.7 Å². The number of nitrogens with zero attached hydrogens (tertiary/aromatic N) is 3. The molecule has 1 aliphatic rings. The molecule has 0 spiro atoms. The van der Waals surface area contributed by atoms with E-state index in [2.05, 4.69) is 4.99 Å². The summed E-state index contributed by atoms with van der Waals surface area (Å²) in [6, 6.07) is 7.01. The van der Waals surface area contributed by atoms with Crippen molar-refractivity contribution in [3.63, 3.8) is 0 Å². The summed E-state index contributed by atoms with van der Waals surface area (Å²) in [6.07, 6.45) is 0.447. The molecule has 158 valence electrons. The van der Waals surface area contributed by atoms with Gasteiger partial charge in [-0.2, -0.15) is 0 Å². The second-order valence-corrected chi connectivity index (χ2v) is 6.73. The summed E-state index contributed by atoms with van der Waals surface area (Å²) < 4.78 is 5.45. The SMILES string of the molecule is CCCCN(C(=N)N1C(=N)C(Cl)N=C(C(N)=O)C1N)c1cccc(OCCO)c1. The molecule has 0 fully saturated rings. The van der Waals surface area contributed by atoms with Crippen LogP contribution in [0.25, 0.3) is 0 Å². The number of nitrogens with two attached hydrogens (primary N) is 2. The normalized spacial score (nSPS) is 19.0. The molecule has 0 bridgehead atoms. The van der Waals surface area contributed by atoms with Crippen LogP contribution in [0.3, 0.4) is 0 Å². The standard InChI is InChI=1S/C18H26ClN7O3/c1-2-3-7-25(11-5-4-6-12(10-11)29-9-8-27)18(23)26-15(20)13(17(22)28)24-14(19)16(26)21/h4-6,10,14-15,21,23,27H,2-3,7-9,20H2,1H3,(H2,22,28). The number of anilines is 1. The summed E-state index contributed by atoms with van der Waals surface area (Å²) in [4.78, 5) is 18.3. The lowest BCUT2D eigenvalue weighted by Gasteiger charge is -2.39. The zero-order valence-corrected chi connectivity index (χ0v) is 16.9. The van der Waals surface area contributed by atoms with Gasteiger partial charge in [0, 0.05) is 18.3 Å². The molecule has 7 N–H and O–H groups in total. The number of ether oxygens (including phenoxy) is 1. The first kappa shape index (κ1) is 22.6. The lowest BCUT2D eigenvalue weighted by molar-refractivity contribution is -0.112. The molecule has 2 rings (SSSR count). The average Bonchev–Trinajstić information content (AvgIpc) is 2.69. The molecule has 0 aliphatic carbocycles. The summed E-state index contributed by atoms with van der Waals surface area (Å²) in [5.41, 5.74) is 10.7. The smallest absolute Gasteiger partial charge is 0.266 e. The maximum atomic E-state index is 11.7. The minimum absolute atomic E-state index is 0.119. The molecule has 1 aromatic carbocycles. The second-order valence-electron chi connectivity index (χ2n) is 6.31. The number of carbonyl (C=O) groups is 1. The summed E-state index contributed by atoms with van der Waals surface area (Å²) >= 11 is 6.07. The number of rotatable bonds is 8. The summed E-state index contributed by atoms with van der Waals surface area (Å²) in [5.74, 6) is -0.677. The molecule has 0 saturated heterocycles. The van der Waals surface area contributed by atoms with E-state index in [4.69, 9.17) is 43.7 Å². The van der Waals surface area contributed by atoms with Gasteiger partial charge in [-0.1, -0.05) is 31.0 Å². The molecule has 0 aromatic heterocycles. The minimum Gasteiger partial charge on any atom is -0.491 e. The number of primary amides is 1. The predicted octanol–water partition coefficient (Wildman–Crippen LogP) is 0.668. The highest BCUT2D eigenvalue weighted by molar-refractivity contribution is 6.45. The Morgan fingerprint density at radius 2 is 2.21 bits per heavy atom. The second kappa shape index (κ2) is 10.2. The largest absolute Gasteiger partial charge is 0.491 e. The van der Waals surface area contributed by atoms with Gasteiger partial charge in [-0.05, 0) is 18.6 Å². The van der Waals surface area contributed by atoms with Gasteiger partial charge in [0.25, 0.3) is 5.91 Å². The van der Waals surface area contributed by atoms with E-state index in [-0.39, 0.29) is 30.7 Å². The van der Waals surface area contributed by atoms with Crippen molar-refractivity contribution in [3.05, 3.63) is 24.3 Å². The van der Waals surface area contributed by atoms with E-state index in [1.165, 1.54) is 0 Å². The molecule has 10 nitrogen and oxygen atoms in total. The van der Waals surface area contributed by atoms with Gasteiger partial charge >= 0.3 is 0 Å². The Labute approximate surface area is 174 Å². The Morgan fingerprint density at radius 1 is 1.48 bits per heavy atom. The number of unbranched alkanes of at least 4 members (excludes halogenated alkanes) is 1. The Morgan fingerprint density at radius 3 is 2.83 bits per heavy atom. The van der Waals surface area contributed by atoms with Gasteiger partial charge in [0.2, 0.25) is 5.96 Å². The Balaban J connectivity index is 2.39. The van der Waals surface area contributed by atoms with E-state index in [1.807, 2.05) is 6.92 Å². The van der Waals surface area contributed by atoms with Crippen LogP contribution in [0, 0.1) is 10.8 Å². The Kier molecular flexibility index (Phi) is 7.94. The first-order chi connectivity index (χ1) is 13.8. The minimum atomic E-state index is -1.19. The zero-order chi connectivity index (χ0) is 21.6. The van der Waals surface area contributed by atoms with E-state index in [9.17, 15) is 4.79 Å². The highest BCUT2D eigenvalue weighted by Crippen LogP contribution is 2.25. The third-order valence-electron chi connectivity index (χ3n) is 4.26. The molecule has 1 aromatic rings. The Bertz CT molecular complexity index is 801. The number of hydrogen-bond acceptors (Lipinski definition) is 7. The maximum Gasteiger partial charge on any atom is 0.266 e. The third-order valence-corrected chi connectivity index (χ3v) is 4.56. The highest BCUT2D eigenvalue weighted by Gasteiger charge is 2.38. The summed E-state index contributed by atoms with van der Waals surface area (Å²) in [6.45, 7) is 2.50. The van der Waals surface area contributed by atoms with Crippen molar-refractivity contribution in [3.8, 4) is 5.75 Å². The van der Waals surface area contributed by atoms with Gasteiger partial charge in [0.15, 0.2) is 5.50 Å². The van der Waals surface area contributed by atoms with Crippen LogP contribution in [0.15, 0.2) is 29.3 Å². The number of guanidine groups is 1. The van der Waals surface area contributed by atoms with Gasteiger partial charge in [0.1, 0.15) is 30.1 Å². The van der Waals surface area contributed by atoms with Crippen LogP contribution >= 0.6 is 11.6 Å². The number of hydrogen-bond donors (Lipinski definition) is 5. The zero-order valence-electron chi connectivity index (χ0n) is 16.1. The molecular weight excluding hydrogens is 398 g/mol. The molecule has 2 atom stereocenters. The van der Waals surface area contributed by atoms with Crippen molar-refractivity contribution in [2.45, 2.75) is 31.4 Å². The van der Waals surface area contributed by atoms with E-state index in [1.54, 1.807) is 29.2 Å². The summed E-state index contributed by atoms with van der Waals surface area (Å²) in [5, 5.41) is 25.9. The van der Waals surface area contributed by atoms with Crippen molar-refractivity contribution >= 4 is 40.7 Å². The van der Waals surface area contributed by atoms with E-state index in [0.29, 0.717) is 18.0 Å². The van der Waals surface area contributed by atoms with Crippen LogP contribution in [0.1, 0.15) is 19.8 Å². The monoisotopic (exact) mass is 423 g/mol. The number of aliphatic imine (C=N–C) groups is 1. The number of alkyl halides is 1. The van der Waals surface area contributed by atoms with Crippen LogP contribution in [0.4, 0.5) is 5.69 Å². The van der Waals surface area contributed by atoms with Crippen LogP contribution in [0.5, 0.6) is 5.75 Å². The first-order valence-electron chi connectivity index (χ1n) is 9.16. The predicted molar refractivity (Wildman–Crippen MR) is 113 cm³/mol. The van der Waals surface area contributed by atoms with Gasteiger partial charge in [0.05, 0.1) is 6.61 Å². The van der Waals surface area contributed by atoms with Crippen LogP contribution in [-0.4, -0.2) is 64.8 Å². The molecule has 0 radical (unpaired) electrons. The van der Waals surface area contributed by atoms with Crippen molar-refractivity contribution in [1.82, 2.24) is 4.90 Å². The molecule has 11 heteroatoms. The summed E-state index contributed by atoms with van der Waals surface area (Å²) in [7, 11) is 0. The van der Waals surface area contributed by atoms with E-state index >= 15 is 0 Å². The van der Waals surface area contributed by atoms with Gasteiger partial charge in [-0.3, -0.25) is 25.5 Å². The molecule has 29 heavy (non-hydrogen) atoms. The molecular formula is C18H26ClN7O3. The molecule has 0 saturated carbocycles.